The zero-order valence-electron chi connectivity index (χ0n) is 8.91. The molecule has 3 N–H and O–H groups in total. The fourth-order valence-corrected chi connectivity index (χ4v) is 2.43. The normalized spacial score (nSPS) is 10.1. The standard InChI is InChI=1S/C11H15ClN2OS/c12-9-4-3-5-10(8-9)16-7-2-1-6-11(15)14-13/h3-5,8H,1-2,6-7,13H2,(H,14,15). The number of hydrogen-bond donors (Lipinski definition) is 2. The van der Waals surface area contributed by atoms with E-state index in [0.29, 0.717) is 6.42 Å². The summed E-state index contributed by atoms with van der Waals surface area (Å²) in [6.07, 6.45) is 2.34. The average Bonchev–Trinajstić information content (AvgIpc) is 2.28. The van der Waals surface area contributed by atoms with Crippen molar-refractivity contribution in [2.75, 3.05) is 5.75 Å². The van der Waals surface area contributed by atoms with Gasteiger partial charge in [-0.2, -0.15) is 0 Å². The highest BCUT2D eigenvalue weighted by molar-refractivity contribution is 7.99. The van der Waals surface area contributed by atoms with Crippen molar-refractivity contribution < 1.29 is 4.79 Å². The van der Waals surface area contributed by atoms with E-state index >= 15 is 0 Å². The van der Waals surface area contributed by atoms with E-state index in [4.69, 9.17) is 17.4 Å². The lowest BCUT2D eigenvalue weighted by Gasteiger charge is -2.02. The first-order chi connectivity index (χ1) is 7.72. The second-order valence-electron chi connectivity index (χ2n) is 3.33. The summed E-state index contributed by atoms with van der Waals surface area (Å²) >= 11 is 7.61. The largest absolute Gasteiger partial charge is 0.294 e. The third kappa shape index (κ3) is 5.39. The number of nitrogens with one attached hydrogen (secondary N) is 1. The Morgan fingerprint density at radius 3 is 2.94 bits per heavy atom. The molecule has 0 aliphatic carbocycles. The maximum atomic E-state index is 10.8. The van der Waals surface area contributed by atoms with Gasteiger partial charge in [0.05, 0.1) is 0 Å². The molecule has 0 atom stereocenters. The fraction of sp³-hybridized carbons (Fsp3) is 0.364. The third-order valence-electron chi connectivity index (χ3n) is 2.02. The van der Waals surface area contributed by atoms with Gasteiger partial charge in [-0.15, -0.1) is 11.8 Å². The van der Waals surface area contributed by atoms with Crippen molar-refractivity contribution in [2.45, 2.75) is 24.2 Å². The Kier molecular flexibility index (Phi) is 6.30. The van der Waals surface area contributed by atoms with Crippen molar-refractivity contribution in [1.82, 2.24) is 5.43 Å². The Morgan fingerprint density at radius 1 is 1.44 bits per heavy atom. The number of rotatable bonds is 6. The van der Waals surface area contributed by atoms with E-state index in [1.165, 1.54) is 0 Å². The monoisotopic (exact) mass is 258 g/mol. The predicted molar refractivity (Wildman–Crippen MR) is 68.4 cm³/mol. The zero-order valence-corrected chi connectivity index (χ0v) is 10.5. The summed E-state index contributed by atoms with van der Waals surface area (Å²) in [5, 5.41) is 0.757. The molecule has 0 aromatic heterocycles. The van der Waals surface area contributed by atoms with Crippen LogP contribution in [0.3, 0.4) is 0 Å². The first kappa shape index (κ1) is 13.4. The number of amides is 1. The molecule has 0 aliphatic rings. The number of nitrogens with two attached hydrogens (primary N) is 1. The van der Waals surface area contributed by atoms with Crippen LogP contribution < -0.4 is 11.3 Å². The molecule has 88 valence electrons. The molecule has 5 heteroatoms. The van der Waals surface area contributed by atoms with Crippen LogP contribution >= 0.6 is 23.4 Å². The first-order valence-corrected chi connectivity index (χ1v) is 6.46. The van der Waals surface area contributed by atoms with Gasteiger partial charge in [0, 0.05) is 16.3 Å². The van der Waals surface area contributed by atoms with E-state index in [2.05, 4.69) is 5.43 Å². The van der Waals surface area contributed by atoms with Crippen LogP contribution in [0.25, 0.3) is 0 Å². The molecular weight excluding hydrogens is 244 g/mol. The van der Waals surface area contributed by atoms with Crippen LogP contribution in [0.2, 0.25) is 5.02 Å². The number of thioether (sulfide) groups is 1. The number of unbranched alkanes of at least 4 members (excludes halogenated alkanes) is 1. The van der Waals surface area contributed by atoms with Crippen LogP contribution in [-0.2, 0) is 4.79 Å². The van der Waals surface area contributed by atoms with Gasteiger partial charge in [0.15, 0.2) is 0 Å². The van der Waals surface area contributed by atoms with Gasteiger partial charge in [-0.1, -0.05) is 17.7 Å². The number of hydrogen-bond acceptors (Lipinski definition) is 3. The van der Waals surface area contributed by atoms with Gasteiger partial charge in [0.1, 0.15) is 0 Å². The minimum atomic E-state index is -0.104. The number of carbonyl (C=O) groups excluding carboxylic acids is 1. The van der Waals surface area contributed by atoms with Gasteiger partial charge in [-0.3, -0.25) is 10.2 Å². The second kappa shape index (κ2) is 7.54. The molecule has 1 amide bonds. The maximum Gasteiger partial charge on any atom is 0.233 e. The molecule has 3 nitrogen and oxygen atoms in total. The van der Waals surface area contributed by atoms with Gasteiger partial charge in [0.25, 0.3) is 0 Å². The van der Waals surface area contributed by atoms with Crippen molar-refractivity contribution in [2.24, 2.45) is 5.84 Å². The molecule has 0 saturated carbocycles. The summed E-state index contributed by atoms with van der Waals surface area (Å²) < 4.78 is 0. The minimum Gasteiger partial charge on any atom is -0.294 e. The molecule has 1 rings (SSSR count). The number of carbonyl (C=O) groups is 1. The Labute approximate surface area is 105 Å². The Balaban J connectivity index is 2.14. The molecule has 0 saturated heterocycles. The van der Waals surface area contributed by atoms with Crippen molar-refractivity contribution in [3.05, 3.63) is 29.3 Å². The quantitative estimate of drug-likeness (QED) is 0.271. The van der Waals surface area contributed by atoms with E-state index in [1.54, 1.807) is 11.8 Å². The topological polar surface area (TPSA) is 55.1 Å². The second-order valence-corrected chi connectivity index (χ2v) is 4.94. The van der Waals surface area contributed by atoms with Crippen molar-refractivity contribution in [1.29, 1.82) is 0 Å². The van der Waals surface area contributed by atoms with Crippen molar-refractivity contribution in [3.63, 3.8) is 0 Å². The molecule has 1 aromatic carbocycles. The van der Waals surface area contributed by atoms with Crippen LogP contribution in [0.15, 0.2) is 29.2 Å². The zero-order chi connectivity index (χ0) is 11.8. The lowest BCUT2D eigenvalue weighted by atomic mass is 10.2. The number of hydrazine groups is 1. The predicted octanol–water partition coefficient (Wildman–Crippen LogP) is 2.59. The lowest BCUT2D eigenvalue weighted by Crippen LogP contribution is -2.29. The molecule has 0 fully saturated rings. The SMILES string of the molecule is NNC(=O)CCCCSc1cccc(Cl)c1. The molecular formula is C11H15ClN2OS. The van der Waals surface area contributed by atoms with E-state index in [-0.39, 0.29) is 5.91 Å². The maximum absolute atomic E-state index is 10.8. The van der Waals surface area contributed by atoms with E-state index in [0.717, 1.165) is 28.5 Å². The molecule has 0 heterocycles. The van der Waals surface area contributed by atoms with Crippen LogP contribution in [0.4, 0.5) is 0 Å². The Hall–Kier alpha value is -0.710. The van der Waals surface area contributed by atoms with E-state index < -0.39 is 0 Å². The van der Waals surface area contributed by atoms with Gasteiger partial charge in [-0.05, 0) is 36.8 Å². The van der Waals surface area contributed by atoms with Crippen LogP contribution in [0.5, 0.6) is 0 Å². The lowest BCUT2D eigenvalue weighted by molar-refractivity contribution is -0.121. The molecule has 0 unspecified atom stereocenters. The molecule has 16 heavy (non-hydrogen) atoms. The summed E-state index contributed by atoms with van der Waals surface area (Å²) in [5.41, 5.74) is 2.12. The van der Waals surface area contributed by atoms with Gasteiger partial charge >= 0.3 is 0 Å². The van der Waals surface area contributed by atoms with Gasteiger partial charge in [-0.25, -0.2) is 5.84 Å². The number of benzene rings is 1. The van der Waals surface area contributed by atoms with Gasteiger partial charge in [0.2, 0.25) is 5.91 Å². The Bertz CT molecular complexity index is 347. The molecule has 0 radical (unpaired) electrons. The minimum absolute atomic E-state index is 0.104. The van der Waals surface area contributed by atoms with Crippen molar-refractivity contribution >= 4 is 29.3 Å². The highest BCUT2D eigenvalue weighted by Crippen LogP contribution is 2.22. The smallest absolute Gasteiger partial charge is 0.233 e. The molecule has 0 bridgehead atoms. The first-order valence-electron chi connectivity index (χ1n) is 5.10. The van der Waals surface area contributed by atoms with Crippen molar-refractivity contribution in [3.8, 4) is 0 Å². The Morgan fingerprint density at radius 2 is 2.25 bits per heavy atom. The summed E-state index contributed by atoms with van der Waals surface area (Å²) in [6, 6.07) is 7.77. The molecule has 0 aliphatic heterocycles. The molecule has 0 spiro atoms. The van der Waals surface area contributed by atoms with Crippen LogP contribution in [0.1, 0.15) is 19.3 Å². The van der Waals surface area contributed by atoms with E-state index in [1.807, 2.05) is 24.3 Å². The van der Waals surface area contributed by atoms with Crippen LogP contribution in [-0.4, -0.2) is 11.7 Å². The fourth-order valence-electron chi connectivity index (χ4n) is 1.21. The average molecular weight is 259 g/mol. The van der Waals surface area contributed by atoms with E-state index in [9.17, 15) is 4.79 Å². The van der Waals surface area contributed by atoms with Crippen LogP contribution in [0, 0.1) is 0 Å². The highest BCUT2D eigenvalue weighted by Gasteiger charge is 1.99. The van der Waals surface area contributed by atoms with Gasteiger partial charge < -0.3 is 0 Å². The summed E-state index contributed by atoms with van der Waals surface area (Å²) in [5.74, 6) is 5.86. The summed E-state index contributed by atoms with van der Waals surface area (Å²) in [6.45, 7) is 0. The molecule has 1 aromatic rings. The number of halogens is 1. The highest BCUT2D eigenvalue weighted by atomic mass is 35.5. The summed E-state index contributed by atoms with van der Waals surface area (Å²) in [4.78, 5) is 12.0. The third-order valence-corrected chi connectivity index (χ3v) is 3.34. The summed E-state index contributed by atoms with van der Waals surface area (Å²) in [7, 11) is 0.